The molecule has 0 bridgehead atoms. The van der Waals surface area contributed by atoms with Crippen molar-refractivity contribution in [3.63, 3.8) is 0 Å². The predicted octanol–water partition coefficient (Wildman–Crippen LogP) is 0.525. The Balaban J connectivity index is 2.62. The number of hydrogen-bond acceptors (Lipinski definition) is 3. The maximum absolute atomic E-state index is 11.5. The minimum atomic E-state index is -3.33. The average Bonchev–Trinajstić information content (AvgIpc) is 1.94. The Labute approximate surface area is 90.3 Å². The van der Waals surface area contributed by atoms with Gasteiger partial charge in [-0.25, -0.2) is 13.1 Å². The lowest BCUT2D eigenvalue weighted by molar-refractivity contribution is 0.214. The van der Waals surface area contributed by atoms with Crippen LogP contribution in [-0.2, 0) is 10.0 Å². The fourth-order valence-electron chi connectivity index (χ4n) is 1.68. The Hall–Kier alpha value is -0.200. The molecule has 0 aromatic rings. The number of thiocarbonyl (C=S) groups is 1. The summed E-state index contributed by atoms with van der Waals surface area (Å²) in [6.45, 7) is 1.99. The van der Waals surface area contributed by atoms with E-state index in [4.69, 9.17) is 5.73 Å². The molecular formula is C8H16N2O2S2. The molecule has 6 heteroatoms. The summed E-state index contributed by atoms with van der Waals surface area (Å²) in [6, 6.07) is 0. The Bertz CT molecular complexity index is 315. The van der Waals surface area contributed by atoms with Crippen LogP contribution in [-0.4, -0.2) is 24.7 Å². The van der Waals surface area contributed by atoms with Crippen LogP contribution in [0.3, 0.4) is 0 Å². The molecule has 0 heterocycles. The van der Waals surface area contributed by atoms with Crippen LogP contribution in [0.4, 0.5) is 0 Å². The van der Waals surface area contributed by atoms with Crippen molar-refractivity contribution in [1.29, 1.82) is 0 Å². The molecule has 0 aromatic carbocycles. The van der Waals surface area contributed by atoms with E-state index in [1.807, 2.05) is 6.92 Å². The van der Waals surface area contributed by atoms with Gasteiger partial charge in [0, 0.05) is 5.54 Å². The first-order valence-corrected chi connectivity index (χ1v) is 6.75. The summed E-state index contributed by atoms with van der Waals surface area (Å²) in [5, 5.41) is 0. The summed E-state index contributed by atoms with van der Waals surface area (Å²) in [4.78, 5) is 0.0167. The predicted molar refractivity (Wildman–Crippen MR) is 60.6 cm³/mol. The zero-order chi connectivity index (χ0) is 10.8. The van der Waals surface area contributed by atoms with Crippen molar-refractivity contribution in [2.45, 2.75) is 38.1 Å². The molecule has 0 saturated heterocycles. The zero-order valence-corrected chi connectivity index (χ0v) is 9.88. The molecule has 0 aromatic heterocycles. The van der Waals surface area contributed by atoms with E-state index in [-0.39, 0.29) is 16.3 Å². The highest BCUT2D eigenvalue weighted by atomic mass is 32.2. The van der Waals surface area contributed by atoms with Crippen molar-refractivity contribution in [2.75, 3.05) is 5.75 Å². The first-order valence-electron chi connectivity index (χ1n) is 4.69. The number of nitrogens with two attached hydrogens (primary N) is 1. The van der Waals surface area contributed by atoms with Crippen LogP contribution in [0.1, 0.15) is 32.6 Å². The van der Waals surface area contributed by atoms with E-state index in [0.29, 0.717) is 0 Å². The van der Waals surface area contributed by atoms with E-state index >= 15 is 0 Å². The summed E-state index contributed by atoms with van der Waals surface area (Å²) in [7, 11) is -3.33. The first kappa shape index (κ1) is 11.9. The topological polar surface area (TPSA) is 72.2 Å². The van der Waals surface area contributed by atoms with Gasteiger partial charge in [0.25, 0.3) is 0 Å². The van der Waals surface area contributed by atoms with Gasteiger partial charge in [-0.2, -0.15) is 0 Å². The van der Waals surface area contributed by atoms with Gasteiger partial charge >= 0.3 is 0 Å². The second-order valence-corrected chi connectivity index (χ2v) is 6.06. The Kier molecular flexibility index (Phi) is 3.49. The van der Waals surface area contributed by atoms with Gasteiger partial charge < -0.3 is 5.73 Å². The molecule has 0 aliphatic heterocycles. The lowest BCUT2D eigenvalue weighted by Gasteiger charge is -2.41. The van der Waals surface area contributed by atoms with Crippen LogP contribution in [0.2, 0.25) is 0 Å². The van der Waals surface area contributed by atoms with E-state index in [0.717, 1.165) is 25.7 Å². The molecule has 1 aliphatic carbocycles. The van der Waals surface area contributed by atoms with Crippen LogP contribution >= 0.6 is 12.2 Å². The molecule has 1 aliphatic rings. The Morgan fingerprint density at radius 1 is 1.57 bits per heavy atom. The highest BCUT2D eigenvalue weighted by Gasteiger charge is 2.38. The van der Waals surface area contributed by atoms with Gasteiger partial charge in [0.1, 0.15) is 5.75 Å². The van der Waals surface area contributed by atoms with Crippen molar-refractivity contribution < 1.29 is 8.42 Å². The number of rotatable bonds is 5. The molecule has 4 nitrogen and oxygen atoms in total. The third kappa shape index (κ3) is 2.90. The average molecular weight is 236 g/mol. The summed E-state index contributed by atoms with van der Waals surface area (Å²) in [6.07, 6.45) is 3.74. The maximum Gasteiger partial charge on any atom is 0.218 e. The van der Waals surface area contributed by atoms with E-state index in [9.17, 15) is 8.42 Å². The highest BCUT2D eigenvalue weighted by Crippen LogP contribution is 2.35. The molecular weight excluding hydrogens is 220 g/mol. The quantitative estimate of drug-likeness (QED) is 0.683. The second kappa shape index (κ2) is 4.12. The van der Waals surface area contributed by atoms with E-state index in [1.165, 1.54) is 0 Å². The molecule has 0 spiro atoms. The summed E-state index contributed by atoms with van der Waals surface area (Å²) >= 11 is 4.58. The van der Waals surface area contributed by atoms with Gasteiger partial charge in [0.2, 0.25) is 10.0 Å². The highest BCUT2D eigenvalue weighted by molar-refractivity contribution is 7.92. The van der Waals surface area contributed by atoms with Crippen LogP contribution in [0.15, 0.2) is 0 Å². The van der Waals surface area contributed by atoms with Crippen molar-refractivity contribution in [3.05, 3.63) is 0 Å². The van der Waals surface area contributed by atoms with Gasteiger partial charge in [-0.05, 0) is 25.7 Å². The van der Waals surface area contributed by atoms with Gasteiger partial charge in [-0.1, -0.05) is 19.1 Å². The molecule has 1 saturated carbocycles. The lowest BCUT2D eigenvalue weighted by atomic mass is 9.76. The summed E-state index contributed by atoms with van der Waals surface area (Å²) in [5.74, 6) is -0.246. The smallest absolute Gasteiger partial charge is 0.218 e. The van der Waals surface area contributed by atoms with Gasteiger partial charge in [-0.15, -0.1) is 0 Å². The van der Waals surface area contributed by atoms with Gasteiger partial charge in [0.05, 0.1) is 4.99 Å². The number of nitrogens with one attached hydrogen (secondary N) is 1. The van der Waals surface area contributed by atoms with Gasteiger partial charge in [-0.3, -0.25) is 0 Å². The van der Waals surface area contributed by atoms with E-state index in [2.05, 4.69) is 16.9 Å². The first-order chi connectivity index (χ1) is 6.39. The largest absolute Gasteiger partial charge is 0.392 e. The fraction of sp³-hybridized carbons (Fsp3) is 0.875. The number of sulfonamides is 1. The van der Waals surface area contributed by atoms with Gasteiger partial charge in [0.15, 0.2) is 0 Å². The fourth-order valence-corrected chi connectivity index (χ4v) is 3.60. The number of hydrogen-bond donors (Lipinski definition) is 2. The van der Waals surface area contributed by atoms with Crippen LogP contribution in [0.25, 0.3) is 0 Å². The van der Waals surface area contributed by atoms with Crippen LogP contribution in [0.5, 0.6) is 0 Å². The van der Waals surface area contributed by atoms with Crippen LogP contribution in [0, 0.1) is 0 Å². The molecule has 1 fully saturated rings. The SMILES string of the molecule is CCC1(NS(=O)(=O)CC(N)=S)CCC1. The normalized spacial score (nSPS) is 20.1. The zero-order valence-electron chi connectivity index (χ0n) is 8.25. The van der Waals surface area contributed by atoms with E-state index in [1.54, 1.807) is 0 Å². The minimum Gasteiger partial charge on any atom is -0.392 e. The second-order valence-electron chi connectivity index (χ2n) is 3.81. The van der Waals surface area contributed by atoms with Crippen molar-refractivity contribution in [3.8, 4) is 0 Å². The molecule has 1 rings (SSSR count). The molecule has 0 unspecified atom stereocenters. The van der Waals surface area contributed by atoms with Crippen molar-refractivity contribution in [1.82, 2.24) is 4.72 Å². The Morgan fingerprint density at radius 2 is 2.14 bits per heavy atom. The Morgan fingerprint density at radius 3 is 2.43 bits per heavy atom. The third-order valence-electron chi connectivity index (χ3n) is 2.69. The molecule has 14 heavy (non-hydrogen) atoms. The molecule has 0 atom stereocenters. The summed E-state index contributed by atoms with van der Waals surface area (Å²) < 4.78 is 25.8. The third-order valence-corrected chi connectivity index (χ3v) is 4.45. The van der Waals surface area contributed by atoms with Crippen molar-refractivity contribution in [2.24, 2.45) is 5.73 Å². The molecule has 82 valence electrons. The maximum atomic E-state index is 11.5. The van der Waals surface area contributed by atoms with Crippen LogP contribution < -0.4 is 10.5 Å². The molecule has 0 radical (unpaired) electrons. The van der Waals surface area contributed by atoms with E-state index < -0.39 is 10.0 Å². The minimum absolute atomic E-state index is 0.0167. The molecule has 0 amide bonds. The molecule has 3 N–H and O–H groups in total. The standard InChI is InChI=1S/C8H16N2O2S2/c1-2-8(4-3-5-8)10-14(11,12)6-7(9)13/h10H,2-6H2,1H3,(H2,9,13). The summed E-state index contributed by atoms with van der Waals surface area (Å²) in [5.41, 5.74) is 4.99. The van der Waals surface area contributed by atoms with Crippen molar-refractivity contribution >= 4 is 27.2 Å². The lowest BCUT2D eigenvalue weighted by Crippen LogP contribution is -2.54. The monoisotopic (exact) mass is 236 g/mol.